The largest absolute Gasteiger partial charge is 0.466 e. The summed E-state index contributed by atoms with van der Waals surface area (Å²) >= 11 is 0. The molecule has 4 heteroatoms. The van der Waals surface area contributed by atoms with Gasteiger partial charge in [0.2, 0.25) is 0 Å². The third kappa shape index (κ3) is 8.31. The molecule has 0 heterocycles. The first kappa shape index (κ1) is 16.6. The number of esters is 1. The van der Waals surface area contributed by atoms with Gasteiger partial charge in [-0.05, 0) is 31.2 Å². The number of nitrogen functional groups attached to an aromatic ring is 1. The molecular weight excluding hydrogens is 264 g/mol. The average Bonchev–Trinajstić information content (AvgIpc) is 2.50. The summed E-state index contributed by atoms with van der Waals surface area (Å²) in [6.45, 7) is 2.87. The molecule has 3 N–H and O–H groups in total. The van der Waals surface area contributed by atoms with Crippen molar-refractivity contribution in [1.29, 1.82) is 0 Å². The van der Waals surface area contributed by atoms with Crippen molar-refractivity contribution in [3.05, 3.63) is 60.7 Å². The molecule has 0 fully saturated rings. The molecule has 0 aliphatic carbocycles. The molecule has 2 rings (SSSR count). The second kappa shape index (κ2) is 10.3. The predicted octanol–water partition coefficient (Wildman–Crippen LogP) is 3.32. The first-order valence-electron chi connectivity index (χ1n) is 6.97. The van der Waals surface area contributed by atoms with E-state index < -0.39 is 0 Å². The number of rotatable bonds is 5. The zero-order valence-electron chi connectivity index (χ0n) is 12.3. The Labute approximate surface area is 125 Å². The number of nitrogens with two attached hydrogens (primary N) is 1. The van der Waals surface area contributed by atoms with Gasteiger partial charge in [-0.3, -0.25) is 4.79 Å². The zero-order chi connectivity index (χ0) is 15.3. The molecule has 0 saturated heterocycles. The highest BCUT2D eigenvalue weighted by molar-refractivity contribution is 5.70. The fourth-order valence-electron chi connectivity index (χ4n) is 1.55. The van der Waals surface area contributed by atoms with Gasteiger partial charge in [0.1, 0.15) is 0 Å². The van der Waals surface area contributed by atoms with E-state index in [9.17, 15) is 4.79 Å². The summed E-state index contributed by atoms with van der Waals surface area (Å²) < 4.78 is 4.80. The minimum absolute atomic E-state index is 0.157. The lowest BCUT2D eigenvalue weighted by Gasteiger charge is -2.05. The fraction of sp³-hybridized carbons (Fsp3) is 0.235. The highest BCUT2D eigenvalue weighted by Gasteiger charge is 1.99. The molecule has 0 radical (unpaired) electrons. The number of ether oxygens (including phenoxy) is 1. The van der Waals surface area contributed by atoms with E-state index in [0.29, 0.717) is 19.6 Å². The van der Waals surface area contributed by atoms with Gasteiger partial charge in [0, 0.05) is 17.9 Å². The highest BCUT2D eigenvalue weighted by atomic mass is 16.5. The van der Waals surface area contributed by atoms with Crippen LogP contribution in [-0.4, -0.2) is 19.1 Å². The average molecular weight is 286 g/mol. The maximum atomic E-state index is 11.0. The number of carbonyl (C=O) groups is 1. The van der Waals surface area contributed by atoms with Crippen LogP contribution in [0.15, 0.2) is 60.7 Å². The number of anilines is 2. The zero-order valence-corrected chi connectivity index (χ0v) is 12.3. The lowest BCUT2D eigenvalue weighted by Crippen LogP contribution is -2.11. The molecule has 0 aromatic heterocycles. The fourth-order valence-corrected chi connectivity index (χ4v) is 1.55. The molecule has 0 spiro atoms. The van der Waals surface area contributed by atoms with E-state index in [1.807, 2.05) is 67.6 Å². The number of hydrogen-bond donors (Lipinski definition) is 2. The molecule has 2 aromatic carbocycles. The van der Waals surface area contributed by atoms with Crippen LogP contribution in [0, 0.1) is 0 Å². The van der Waals surface area contributed by atoms with Crippen LogP contribution in [0.4, 0.5) is 11.4 Å². The van der Waals surface area contributed by atoms with E-state index in [0.717, 1.165) is 11.4 Å². The van der Waals surface area contributed by atoms with Crippen LogP contribution < -0.4 is 11.1 Å². The standard InChI is InChI=1S/C11H15NO2.C6H7N/c1-2-14-11(13)8-9-12-10-6-4-3-5-7-10;7-6-4-2-1-3-5-6/h3-7,12H,2,8-9H2,1H3;1-5H,7H2. The minimum Gasteiger partial charge on any atom is -0.466 e. The molecular formula is C17H22N2O2. The predicted molar refractivity (Wildman–Crippen MR) is 87.0 cm³/mol. The topological polar surface area (TPSA) is 64.3 Å². The van der Waals surface area contributed by atoms with Crippen LogP contribution >= 0.6 is 0 Å². The van der Waals surface area contributed by atoms with Gasteiger partial charge in [0.15, 0.2) is 0 Å². The lowest BCUT2D eigenvalue weighted by atomic mass is 10.3. The Balaban J connectivity index is 0.000000262. The molecule has 0 aliphatic heterocycles. The van der Waals surface area contributed by atoms with Gasteiger partial charge in [-0.25, -0.2) is 0 Å². The van der Waals surface area contributed by atoms with Crippen LogP contribution in [0.3, 0.4) is 0 Å². The summed E-state index contributed by atoms with van der Waals surface area (Å²) in [7, 11) is 0. The molecule has 4 nitrogen and oxygen atoms in total. The Kier molecular flexibility index (Phi) is 8.14. The lowest BCUT2D eigenvalue weighted by molar-refractivity contribution is -0.142. The maximum absolute atomic E-state index is 11.0. The van der Waals surface area contributed by atoms with Gasteiger partial charge in [-0.2, -0.15) is 0 Å². The van der Waals surface area contributed by atoms with Crippen LogP contribution in [0.25, 0.3) is 0 Å². The number of benzene rings is 2. The summed E-state index contributed by atoms with van der Waals surface area (Å²) in [5.74, 6) is -0.157. The SMILES string of the molecule is CCOC(=O)CCNc1ccccc1.Nc1ccccc1. The third-order valence-electron chi connectivity index (χ3n) is 2.54. The number of para-hydroxylation sites is 2. The second-order valence-electron chi connectivity index (χ2n) is 4.26. The summed E-state index contributed by atoms with van der Waals surface area (Å²) in [5, 5.41) is 3.13. The Morgan fingerprint density at radius 1 is 1.05 bits per heavy atom. The highest BCUT2D eigenvalue weighted by Crippen LogP contribution is 2.04. The Morgan fingerprint density at radius 2 is 1.62 bits per heavy atom. The molecule has 0 atom stereocenters. The molecule has 0 bridgehead atoms. The normalized spacial score (nSPS) is 9.19. The second-order valence-corrected chi connectivity index (χ2v) is 4.26. The van der Waals surface area contributed by atoms with Crippen LogP contribution in [0.2, 0.25) is 0 Å². The van der Waals surface area contributed by atoms with E-state index >= 15 is 0 Å². The van der Waals surface area contributed by atoms with E-state index in [-0.39, 0.29) is 5.97 Å². The van der Waals surface area contributed by atoms with Crippen molar-refractivity contribution in [3.8, 4) is 0 Å². The van der Waals surface area contributed by atoms with E-state index in [1.165, 1.54) is 0 Å². The minimum atomic E-state index is -0.157. The smallest absolute Gasteiger partial charge is 0.307 e. The van der Waals surface area contributed by atoms with Crippen molar-refractivity contribution >= 4 is 17.3 Å². The van der Waals surface area contributed by atoms with Crippen molar-refractivity contribution in [2.75, 3.05) is 24.2 Å². The van der Waals surface area contributed by atoms with E-state index in [4.69, 9.17) is 10.5 Å². The molecule has 0 aliphatic rings. The molecule has 0 unspecified atom stereocenters. The van der Waals surface area contributed by atoms with Gasteiger partial charge in [0.05, 0.1) is 13.0 Å². The summed E-state index contributed by atoms with van der Waals surface area (Å²) in [5.41, 5.74) is 7.20. The first-order valence-corrected chi connectivity index (χ1v) is 6.97. The third-order valence-corrected chi connectivity index (χ3v) is 2.54. The van der Waals surface area contributed by atoms with Crippen LogP contribution in [0.5, 0.6) is 0 Å². The number of hydrogen-bond acceptors (Lipinski definition) is 4. The molecule has 2 aromatic rings. The Bertz CT molecular complexity index is 501. The summed E-state index contributed by atoms with van der Waals surface area (Å²) in [4.78, 5) is 11.0. The molecule has 0 saturated carbocycles. The van der Waals surface area contributed by atoms with Gasteiger partial charge in [-0.15, -0.1) is 0 Å². The quantitative estimate of drug-likeness (QED) is 0.653. The van der Waals surface area contributed by atoms with Gasteiger partial charge < -0.3 is 15.8 Å². The van der Waals surface area contributed by atoms with Crippen molar-refractivity contribution in [2.45, 2.75) is 13.3 Å². The van der Waals surface area contributed by atoms with Crippen LogP contribution in [0.1, 0.15) is 13.3 Å². The monoisotopic (exact) mass is 286 g/mol. The van der Waals surface area contributed by atoms with Gasteiger partial charge in [0.25, 0.3) is 0 Å². The maximum Gasteiger partial charge on any atom is 0.307 e. The van der Waals surface area contributed by atoms with Gasteiger partial charge in [-0.1, -0.05) is 36.4 Å². The van der Waals surface area contributed by atoms with Crippen molar-refractivity contribution in [3.63, 3.8) is 0 Å². The number of nitrogens with one attached hydrogen (secondary N) is 1. The molecule has 21 heavy (non-hydrogen) atoms. The van der Waals surface area contributed by atoms with Crippen molar-refractivity contribution < 1.29 is 9.53 Å². The van der Waals surface area contributed by atoms with Crippen molar-refractivity contribution in [1.82, 2.24) is 0 Å². The molecule has 0 amide bonds. The molecule has 112 valence electrons. The first-order chi connectivity index (χ1) is 10.2. The summed E-state index contributed by atoms with van der Waals surface area (Å²) in [6, 6.07) is 19.3. The van der Waals surface area contributed by atoms with Gasteiger partial charge >= 0.3 is 5.97 Å². The van der Waals surface area contributed by atoms with Crippen molar-refractivity contribution in [2.24, 2.45) is 0 Å². The Hall–Kier alpha value is -2.49. The number of carbonyl (C=O) groups excluding carboxylic acids is 1. The van der Waals surface area contributed by atoms with Crippen LogP contribution in [-0.2, 0) is 9.53 Å². The van der Waals surface area contributed by atoms with E-state index in [2.05, 4.69) is 5.32 Å². The Morgan fingerprint density at radius 3 is 2.10 bits per heavy atom. The summed E-state index contributed by atoms with van der Waals surface area (Å²) in [6.07, 6.45) is 0.405. The van der Waals surface area contributed by atoms with E-state index in [1.54, 1.807) is 0 Å².